The van der Waals surface area contributed by atoms with Crippen molar-refractivity contribution in [2.75, 3.05) is 5.88 Å². The first-order valence-corrected chi connectivity index (χ1v) is 6.16. The fourth-order valence-corrected chi connectivity index (χ4v) is 2.10. The van der Waals surface area contributed by atoms with Gasteiger partial charge in [0.15, 0.2) is 0 Å². The van der Waals surface area contributed by atoms with Gasteiger partial charge in [0.2, 0.25) is 0 Å². The van der Waals surface area contributed by atoms with E-state index in [2.05, 4.69) is 12.2 Å². The molecule has 1 aromatic rings. The van der Waals surface area contributed by atoms with E-state index < -0.39 is 0 Å². The van der Waals surface area contributed by atoms with Crippen LogP contribution < -0.4 is 5.32 Å². The third kappa shape index (κ3) is 4.20. The van der Waals surface area contributed by atoms with Crippen LogP contribution in [0, 0.1) is 0 Å². The highest BCUT2D eigenvalue weighted by atomic mass is 35.5. The van der Waals surface area contributed by atoms with Gasteiger partial charge in [-0.25, -0.2) is 0 Å². The molecule has 0 amide bonds. The Morgan fingerprint density at radius 3 is 2.40 bits per heavy atom. The Morgan fingerprint density at radius 2 is 1.87 bits per heavy atom. The molecule has 1 unspecified atom stereocenters. The molecule has 84 valence electrons. The molecule has 0 aliphatic rings. The van der Waals surface area contributed by atoms with Crippen LogP contribution in [0.15, 0.2) is 18.2 Å². The number of benzene rings is 1. The number of rotatable bonds is 5. The average molecular weight is 267 g/mol. The molecule has 0 radical (unpaired) electrons. The van der Waals surface area contributed by atoms with Crippen LogP contribution in [-0.4, -0.2) is 11.9 Å². The number of hydrogen-bond donors (Lipinski definition) is 1. The van der Waals surface area contributed by atoms with Gasteiger partial charge in [-0.2, -0.15) is 0 Å². The standard InChI is InChI=1S/C11H14Cl3N/c1-8(5-6-12)15-7-9-10(13)3-2-4-11(9)14/h2-4,8,15H,5-7H2,1H3. The van der Waals surface area contributed by atoms with E-state index >= 15 is 0 Å². The molecule has 1 N–H and O–H groups in total. The number of halogens is 3. The van der Waals surface area contributed by atoms with Crippen LogP contribution >= 0.6 is 34.8 Å². The summed E-state index contributed by atoms with van der Waals surface area (Å²) in [5.74, 6) is 0.657. The summed E-state index contributed by atoms with van der Waals surface area (Å²) in [6, 6.07) is 5.90. The lowest BCUT2D eigenvalue weighted by Gasteiger charge is -2.13. The zero-order valence-electron chi connectivity index (χ0n) is 8.56. The summed E-state index contributed by atoms with van der Waals surface area (Å²) in [5, 5.41) is 4.73. The van der Waals surface area contributed by atoms with Crippen LogP contribution in [0.3, 0.4) is 0 Å². The summed E-state index contributed by atoms with van der Waals surface area (Å²) in [4.78, 5) is 0. The molecule has 1 atom stereocenters. The van der Waals surface area contributed by atoms with Crippen LogP contribution in [0.4, 0.5) is 0 Å². The lowest BCUT2D eigenvalue weighted by molar-refractivity contribution is 0.536. The second-order valence-corrected chi connectivity index (χ2v) is 4.65. The molecule has 0 spiro atoms. The molecule has 1 aromatic carbocycles. The fourth-order valence-electron chi connectivity index (χ4n) is 1.24. The van der Waals surface area contributed by atoms with Gasteiger partial charge in [0, 0.05) is 34.1 Å². The SMILES string of the molecule is CC(CCCl)NCc1c(Cl)cccc1Cl. The highest BCUT2D eigenvalue weighted by molar-refractivity contribution is 6.35. The van der Waals surface area contributed by atoms with Crippen molar-refractivity contribution < 1.29 is 0 Å². The maximum atomic E-state index is 6.04. The van der Waals surface area contributed by atoms with Crippen molar-refractivity contribution in [3.8, 4) is 0 Å². The normalized spacial score (nSPS) is 12.8. The van der Waals surface area contributed by atoms with Crippen molar-refractivity contribution in [1.82, 2.24) is 5.32 Å². The molecule has 1 rings (SSSR count). The summed E-state index contributed by atoms with van der Waals surface area (Å²) in [5.41, 5.74) is 0.947. The van der Waals surface area contributed by atoms with Crippen molar-refractivity contribution in [2.45, 2.75) is 25.9 Å². The van der Waals surface area contributed by atoms with Crippen molar-refractivity contribution in [3.63, 3.8) is 0 Å². The molecule has 0 saturated carbocycles. The third-order valence-electron chi connectivity index (χ3n) is 2.23. The molecule has 1 nitrogen and oxygen atoms in total. The summed E-state index contributed by atoms with van der Waals surface area (Å²) < 4.78 is 0. The molecule has 0 aliphatic heterocycles. The Kier molecular flexibility index (Phi) is 5.77. The van der Waals surface area contributed by atoms with Crippen LogP contribution in [0.2, 0.25) is 10.0 Å². The molecule has 0 aromatic heterocycles. The van der Waals surface area contributed by atoms with E-state index in [9.17, 15) is 0 Å². The summed E-state index contributed by atoms with van der Waals surface area (Å²) in [7, 11) is 0. The van der Waals surface area contributed by atoms with E-state index in [-0.39, 0.29) is 0 Å². The van der Waals surface area contributed by atoms with Gasteiger partial charge in [-0.3, -0.25) is 0 Å². The van der Waals surface area contributed by atoms with E-state index in [1.807, 2.05) is 18.2 Å². The van der Waals surface area contributed by atoms with E-state index in [4.69, 9.17) is 34.8 Å². The second-order valence-electron chi connectivity index (χ2n) is 3.46. The topological polar surface area (TPSA) is 12.0 Å². The first-order chi connectivity index (χ1) is 7.15. The van der Waals surface area contributed by atoms with E-state index in [0.29, 0.717) is 28.5 Å². The quantitative estimate of drug-likeness (QED) is 0.791. The third-order valence-corrected chi connectivity index (χ3v) is 3.16. The number of nitrogens with one attached hydrogen (secondary N) is 1. The molecule has 4 heteroatoms. The van der Waals surface area contributed by atoms with E-state index in [1.165, 1.54) is 0 Å². The lowest BCUT2D eigenvalue weighted by Crippen LogP contribution is -2.26. The average Bonchev–Trinajstić information content (AvgIpc) is 2.17. The predicted molar refractivity (Wildman–Crippen MR) is 68.1 cm³/mol. The Hall–Kier alpha value is 0.0500. The maximum absolute atomic E-state index is 6.04. The fraction of sp³-hybridized carbons (Fsp3) is 0.455. The number of alkyl halides is 1. The molecule has 0 bridgehead atoms. The number of hydrogen-bond acceptors (Lipinski definition) is 1. The van der Waals surface area contributed by atoms with Gasteiger partial charge in [-0.05, 0) is 25.5 Å². The Bertz CT molecular complexity index is 294. The minimum atomic E-state index is 0.370. The maximum Gasteiger partial charge on any atom is 0.0465 e. The van der Waals surface area contributed by atoms with Gasteiger partial charge in [-0.15, -0.1) is 11.6 Å². The van der Waals surface area contributed by atoms with Gasteiger partial charge in [0.25, 0.3) is 0 Å². The van der Waals surface area contributed by atoms with Gasteiger partial charge >= 0.3 is 0 Å². The minimum Gasteiger partial charge on any atom is -0.310 e. The highest BCUT2D eigenvalue weighted by Gasteiger charge is 2.06. The van der Waals surface area contributed by atoms with E-state index in [0.717, 1.165) is 12.0 Å². The first-order valence-electron chi connectivity index (χ1n) is 4.87. The van der Waals surface area contributed by atoms with Crippen molar-refractivity contribution in [2.24, 2.45) is 0 Å². The van der Waals surface area contributed by atoms with Crippen LogP contribution in [0.5, 0.6) is 0 Å². The second kappa shape index (κ2) is 6.59. The summed E-state index contributed by atoms with van der Waals surface area (Å²) >= 11 is 17.7. The Morgan fingerprint density at radius 1 is 1.27 bits per heavy atom. The molecular weight excluding hydrogens is 252 g/mol. The molecule has 0 fully saturated rings. The summed E-state index contributed by atoms with van der Waals surface area (Å²) in [6.07, 6.45) is 0.934. The molecular formula is C11H14Cl3N. The largest absolute Gasteiger partial charge is 0.310 e. The molecule has 0 aliphatic carbocycles. The smallest absolute Gasteiger partial charge is 0.0465 e. The van der Waals surface area contributed by atoms with Crippen LogP contribution in [0.1, 0.15) is 18.9 Å². The minimum absolute atomic E-state index is 0.370. The van der Waals surface area contributed by atoms with Crippen LogP contribution in [-0.2, 0) is 6.54 Å². The van der Waals surface area contributed by atoms with Crippen molar-refractivity contribution in [3.05, 3.63) is 33.8 Å². The lowest BCUT2D eigenvalue weighted by atomic mass is 10.2. The zero-order chi connectivity index (χ0) is 11.3. The van der Waals surface area contributed by atoms with Crippen LogP contribution in [0.25, 0.3) is 0 Å². The predicted octanol–water partition coefficient (Wildman–Crippen LogP) is 4.10. The van der Waals surface area contributed by atoms with Gasteiger partial charge in [0.1, 0.15) is 0 Å². The van der Waals surface area contributed by atoms with Crippen molar-refractivity contribution in [1.29, 1.82) is 0 Å². The van der Waals surface area contributed by atoms with Gasteiger partial charge < -0.3 is 5.32 Å². The Labute approximate surface area is 106 Å². The molecule has 15 heavy (non-hydrogen) atoms. The Balaban J connectivity index is 2.57. The first kappa shape index (κ1) is 13.1. The highest BCUT2D eigenvalue weighted by Crippen LogP contribution is 2.23. The van der Waals surface area contributed by atoms with E-state index in [1.54, 1.807) is 0 Å². The molecule has 0 heterocycles. The molecule has 0 saturated heterocycles. The van der Waals surface area contributed by atoms with Crippen molar-refractivity contribution >= 4 is 34.8 Å². The monoisotopic (exact) mass is 265 g/mol. The summed E-state index contributed by atoms with van der Waals surface area (Å²) in [6.45, 7) is 2.77. The van der Waals surface area contributed by atoms with Gasteiger partial charge in [-0.1, -0.05) is 29.3 Å². The zero-order valence-corrected chi connectivity index (χ0v) is 10.8. The van der Waals surface area contributed by atoms with Gasteiger partial charge in [0.05, 0.1) is 0 Å².